The van der Waals surface area contributed by atoms with Gasteiger partial charge in [-0.3, -0.25) is 0 Å². The van der Waals surface area contributed by atoms with E-state index < -0.39 is 12.2 Å². The maximum atomic E-state index is 10.1. The van der Waals surface area contributed by atoms with Crippen molar-refractivity contribution in [2.75, 3.05) is 0 Å². The van der Waals surface area contributed by atoms with E-state index in [9.17, 15) is 10.2 Å². The highest BCUT2D eigenvalue weighted by Gasteiger charge is 2.25. The van der Waals surface area contributed by atoms with Gasteiger partial charge in [0, 0.05) is 16.7 Å². The number of hydrogen-bond acceptors (Lipinski definition) is 2. The normalized spacial score (nSPS) is 14.8. The average molecular weight is 390 g/mol. The third-order valence-electron chi connectivity index (χ3n) is 5.19. The van der Waals surface area contributed by atoms with E-state index in [-0.39, 0.29) is 0 Å². The summed E-state index contributed by atoms with van der Waals surface area (Å²) in [6.45, 7) is 7.88. The summed E-state index contributed by atoms with van der Waals surface area (Å²) < 4.78 is 0. The zero-order chi connectivity index (χ0) is 22.0. The molecule has 0 heterocycles. The minimum Gasteiger partial charge on any atom is -0.384 e. The van der Waals surface area contributed by atoms with Crippen LogP contribution in [0.1, 0.15) is 51.2 Å². The fraction of sp³-hybridized carbons (Fsp3) is 0.143. The number of hydrogen-bond donors (Lipinski definition) is 2. The molecule has 2 nitrogen and oxygen atoms in total. The Bertz CT molecular complexity index is 1290. The molecule has 2 N–H and O–H groups in total. The second kappa shape index (κ2) is 8.32. The molecule has 3 aromatic carbocycles. The molecular weight excluding hydrogens is 368 g/mol. The van der Waals surface area contributed by atoms with E-state index in [2.05, 4.69) is 49.5 Å². The van der Waals surface area contributed by atoms with E-state index in [0.717, 1.165) is 22.3 Å². The molecule has 2 unspecified atom stereocenters. The smallest absolute Gasteiger partial charge is 0.141 e. The van der Waals surface area contributed by atoms with Crippen molar-refractivity contribution in [3.8, 4) is 37.0 Å². The minimum absolute atomic E-state index is 0.494. The molecule has 0 aliphatic heterocycles. The lowest BCUT2D eigenvalue weighted by Gasteiger charge is -2.10. The number of aliphatic hydroxyl groups excluding tert-OH is 2. The first-order valence-electron chi connectivity index (χ1n) is 9.44. The minimum atomic E-state index is -1.01. The maximum absolute atomic E-state index is 10.1. The largest absolute Gasteiger partial charge is 0.384 e. The predicted molar refractivity (Wildman–Crippen MR) is 124 cm³/mol. The molecule has 2 atom stereocenters. The van der Waals surface area contributed by atoms with Crippen LogP contribution >= 0.6 is 0 Å². The summed E-state index contributed by atoms with van der Waals surface area (Å²) in [4.78, 5) is 0. The van der Waals surface area contributed by atoms with Crippen molar-refractivity contribution in [2.24, 2.45) is 0 Å². The fourth-order valence-electron chi connectivity index (χ4n) is 3.83. The molecule has 0 amide bonds. The molecule has 30 heavy (non-hydrogen) atoms. The van der Waals surface area contributed by atoms with Crippen molar-refractivity contribution in [1.29, 1.82) is 0 Å². The summed E-state index contributed by atoms with van der Waals surface area (Å²) in [7, 11) is 0. The van der Waals surface area contributed by atoms with Crippen LogP contribution in [0.5, 0.6) is 0 Å². The third kappa shape index (κ3) is 3.61. The molecule has 0 spiro atoms. The van der Waals surface area contributed by atoms with Gasteiger partial charge in [0.1, 0.15) is 12.2 Å². The van der Waals surface area contributed by atoms with Crippen LogP contribution in [0.2, 0.25) is 0 Å². The summed E-state index contributed by atoms with van der Waals surface area (Å²) in [6, 6.07) is 13.9. The summed E-state index contributed by atoms with van der Waals surface area (Å²) in [5, 5.41) is 22.0. The number of terminal acetylenes is 3. The van der Waals surface area contributed by atoms with E-state index in [4.69, 9.17) is 19.3 Å². The van der Waals surface area contributed by atoms with Crippen molar-refractivity contribution >= 4 is 16.3 Å². The second-order valence-corrected chi connectivity index (χ2v) is 7.32. The number of aliphatic hydroxyl groups is 2. The Morgan fingerprint density at radius 2 is 1.70 bits per heavy atom. The predicted octanol–water partition coefficient (Wildman–Crippen LogP) is 4.83. The maximum Gasteiger partial charge on any atom is 0.141 e. The first-order valence-corrected chi connectivity index (χ1v) is 9.44. The Labute approximate surface area is 177 Å². The van der Waals surface area contributed by atoms with E-state index in [0.29, 0.717) is 16.7 Å². The molecule has 1 aliphatic carbocycles. The third-order valence-corrected chi connectivity index (χ3v) is 5.19. The molecule has 0 bridgehead atoms. The molecule has 0 saturated carbocycles. The first kappa shape index (κ1) is 21.0. The van der Waals surface area contributed by atoms with Crippen LogP contribution in [-0.4, -0.2) is 10.2 Å². The second-order valence-electron chi connectivity index (χ2n) is 7.32. The Morgan fingerprint density at radius 3 is 2.33 bits per heavy atom. The Morgan fingerprint density at radius 1 is 1.00 bits per heavy atom. The van der Waals surface area contributed by atoms with Gasteiger partial charge in [0.15, 0.2) is 0 Å². The van der Waals surface area contributed by atoms with Crippen LogP contribution in [0.15, 0.2) is 49.0 Å². The molecule has 1 aliphatic rings. The molecule has 3 aromatic rings. The summed E-state index contributed by atoms with van der Waals surface area (Å²) in [5.41, 5.74) is 6.62. The molecule has 0 aromatic heterocycles. The summed E-state index contributed by atoms with van der Waals surface area (Å²) >= 11 is 0. The van der Waals surface area contributed by atoms with Gasteiger partial charge in [-0.15, -0.1) is 19.3 Å². The van der Waals surface area contributed by atoms with Crippen LogP contribution < -0.4 is 0 Å². The number of aryl methyl sites for hydroxylation is 2. The Hall–Kier alpha value is -3.74. The molecule has 2 heteroatoms. The van der Waals surface area contributed by atoms with Crippen molar-refractivity contribution in [1.82, 2.24) is 0 Å². The van der Waals surface area contributed by atoms with Crippen molar-refractivity contribution in [2.45, 2.75) is 26.1 Å². The Balaban J connectivity index is 0.000000171. The highest BCUT2D eigenvalue weighted by atomic mass is 16.3. The highest BCUT2D eigenvalue weighted by molar-refractivity contribution is 6.02. The molecule has 4 rings (SSSR count). The molecule has 146 valence electrons. The molecule has 0 saturated heterocycles. The molecular formula is C28H22O2. The van der Waals surface area contributed by atoms with Gasteiger partial charge in [-0.1, -0.05) is 66.3 Å². The van der Waals surface area contributed by atoms with E-state index in [1.807, 2.05) is 19.1 Å². The van der Waals surface area contributed by atoms with Gasteiger partial charge in [-0.25, -0.2) is 0 Å². The molecule has 0 radical (unpaired) electrons. The zero-order valence-electron chi connectivity index (χ0n) is 17.0. The van der Waals surface area contributed by atoms with Crippen molar-refractivity contribution < 1.29 is 10.2 Å². The van der Waals surface area contributed by atoms with Crippen molar-refractivity contribution in [3.05, 3.63) is 88.0 Å². The SMILES string of the molecule is C#Cc1cc(C)cc(C(O)C#C)c1C#C.C=C1c2cccc3cc(C)cc(c23)C1O. The van der Waals surface area contributed by atoms with Crippen LogP contribution in [0.3, 0.4) is 0 Å². The van der Waals surface area contributed by atoms with Gasteiger partial charge in [0.25, 0.3) is 0 Å². The summed E-state index contributed by atoms with van der Waals surface area (Å²) in [5.74, 6) is 7.17. The lowest BCUT2D eigenvalue weighted by molar-refractivity contribution is 0.238. The quantitative estimate of drug-likeness (QED) is 0.584. The van der Waals surface area contributed by atoms with Crippen LogP contribution in [0, 0.1) is 50.9 Å². The van der Waals surface area contributed by atoms with Crippen LogP contribution in [0.25, 0.3) is 16.3 Å². The van der Waals surface area contributed by atoms with Crippen LogP contribution in [0.4, 0.5) is 0 Å². The van der Waals surface area contributed by atoms with Gasteiger partial charge >= 0.3 is 0 Å². The fourth-order valence-corrected chi connectivity index (χ4v) is 3.83. The topological polar surface area (TPSA) is 40.5 Å². The van der Waals surface area contributed by atoms with Gasteiger partial charge in [0.05, 0.1) is 0 Å². The van der Waals surface area contributed by atoms with Crippen molar-refractivity contribution in [3.63, 3.8) is 0 Å². The average Bonchev–Trinajstić information content (AvgIpc) is 2.99. The molecule has 0 fully saturated rings. The highest BCUT2D eigenvalue weighted by Crippen LogP contribution is 2.44. The first-order chi connectivity index (χ1) is 14.3. The standard InChI is InChI=1S/C14H12O.C14H10O/c1-8-6-10-4-3-5-11-9(2)14(15)12(7-8)13(10)11;1-5-11-8-10(4)9-13(12(11)6-2)14(15)7-3/h3-7,14-15H,2H2,1H3;1-3,8-9,14-15H,4H3. The van der Waals surface area contributed by atoms with E-state index in [1.54, 1.807) is 12.1 Å². The monoisotopic (exact) mass is 390 g/mol. The number of benzene rings is 3. The summed E-state index contributed by atoms with van der Waals surface area (Å²) in [6.07, 6.45) is 14.3. The lowest BCUT2D eigenvalue weighted by Crippen LogP contribution is -2.01. The lowest BCUT2D eigenvalue weighted by atomic mass is 9.95. The van der Waals surface area contributed by atoms with Gasteiger partial charge in [-0.05, 0) is 52.9 Å². The van der Waals surface area contributed by atoms with Crippen LogP contribution in [-0.2, 0) is 0 Å². The van der Waals surface area contributed by atoms with E-state index >= 15 is 0 Å². The zero-order valence-corrected chi connectivity index (χ0v) is 17.0. The van der Waals surface area contributed by atoms with Gasteiger partial charge in [-0.2, -0.15) is 0 Å². The number of rotatable bonds is 1. The Kier molecular flexibility index (Phi) is 5.82. The van der Waals surface area contributed by atoms with Gasteiger partial charge < -0.3 is 10.2 Å². The van der Waals surface area contributed by atoms with E-state index in [1.165, 1.54) is 16.3 Å². The van der Waals surface area contributed by atoms with Gasteiger partial charge in [0.2, 0.25) is 0 Å².